The van der Waals surface area contributed by atoms with E-state index in [0.717, 1.165) is 5.75 Å². The van der Waals surface area contributed by atoms with Crippen molar-refractivity contribution < 1.29 is 19.4 Å². The molecule has 1 atom stereocenters. The molecule has 1 aromatic rings. The first-order valence-corrected chi connectivity index (χ1v) is 5.83. The van der Waals surface area contributed by atoms with Crippen LogP contribution in [0.3, 0.4) is 0 Å². The Kier molecular flexibility index (Phi) is 6.00. The van der Waals surface area contributed by atoms with E-state index in [1.807, 2.05) is 0 Å². The summed E-state index contributed by atoms with van der Waals surface area (Å²) in [7, 11) is 1.59. The van der Waals surface area contributed by atoms with Gasteiger partial charge in [0.2, 0.25) is 0 Å². The number of benzene rings is 1. The third kappa shape index (κ3) is 5.54. The highest BCUT2D eigenvalue weighted by molar-refractivity contribution is 5.77. The SMILES string of the molecule is COc1ccc(OCC(=O)NCCC(C)O)cc1. The highest BCUT2D eigenvalue weighted by atomic mass is 16.5. The maximum atomic E-state index is 11.4. The number of ether oxygens (including phenoxy) is 2. The molecule has 0 bridgehead atoms. The lowest BCUT2D eigenvalue weighted by Gasteiger charge is -2.08. The lowest BCUT2D eigenvalue weighted by molar-refractivity contribution is -0.123. The lowest BCUT2D eigenvalue weighted by atomic mass is 10.3. The van der Waals surface area contributed by atoms with Gasteiger partial charge in [0.25, 0.3) is 5.91 Å². The standard InChI is InChI=1S/C13H19NO4/c1-10(15)7-8-14-13(16)9-18-12-5-3-11(17-2)4-6-12/h3-6,10,15H,7-9H2,1-2H3,(H,14,16). The molecule has 2 N–H and O–H groups in total. The summed E-state index contributed by atoms with van der Waals surface area (Å²) in [4.78, 5) is 11.4. The van der Waals surface area contributed by atoms with Crippen molar-refractivity contribution in [1.29, 1.82) is 0 Å². The van der Waals surface area contributed by atoms with Gasteiger partial charge in [-0.05, 0) is 37.6 Å². The number of hydrogen-bond donors (Lipinski definition) is 2. The van der Waals surface area contributed by atoms with E-state index in [1.54, 1.807) is 38.3 Å². The number of methoxy groups -OCH3 is 1. The number of aliphatic hydroxyl groups is 1. The van der Waals surface area contributed by atoms with E-state index in [4.69, 9.17) is 14.6 Å². The molecule has 0 saturated heterocycles. The van der Waals surface area contributed by atoms with Gasteiger partial charge in [-0.25, -0.2) is 0 Å². The minimum atomic E-state index is -0.409. The Labute approximate surface area is 107 Å². The summed E-state index contributed by atoms with van der Waals surface area (Å²) in [5, 5.41) is 11.7. The summed E-state index contributed by atoms with van der Waals surface area (Å²) >= 11 is 0. The predicted octanol–water partition coefficient (Wildman–Crippen LogP) is 0.961. The monoisotopic (exact) mass is 253 g/mol. The highest BCUT2D eigenvalue weighted by Gasteiger charge is 2.03. The van der Waals surface area contributed by atoms with Gasteiger partial charge < -0.3 is 19.9 Å². The zero-order valence-corrected chi connectivity index (χ0v) is 10.7. The van der Waals surface area contributed by atoms with Crippen LogP contribution in [-0.4, -0.2) is 37.4 Å². The molecule has 1 rings (SSSR count). The zero-order valence-electron chi connectivity index (χ0n) is 10.7. The number of aliphatic hydroxyl groups excluding tert-OH is 1. The summed E-state index contributed by atoms with van der Waals surface area (Å²) in [5.74, 6) is 1.15. The van der Waals surface area contributed by atoms with Crippen molar-refractivity contribution >= 4 is 5.91 Å². The molecular formula is C13H19NO4. The zero-order chi connectivity index (χ0) is 13.4. The Morgan fingerprint density at radius 2 is 1.94 bits per heavy atom. The Hall–Kier alpha value is -1.75. The maximum Gasteiger partial charge on any atom is 0.257 e. The average Bonchev–Trinajstić information content (AvgIpc) is 2.36. The van der Waals surface area contributed by atoms with Gasteiger partial charge in [0.15, 0.2) is 6.61 Å². The topological polar surface area (TPSA) is 67.8 Å². The number of rotatable bonds is 7. The molecule has 0 aliphatic heterocycles. The minimum Gasteiger partial charge on any atom is -0.497 e. The fourth-order valence-corrected chi connectivity index (χ4v) is 1.29. The highest BCUT2D eigenvalue weighted by Crippen LogP contribution is 2.16. The van der Waals surface area contributed by atoms with Crippen molar-refractivity contribution in [3.63, 3.8) is 0 Å². The fraction of sp³-hybridized carbons (Fsp3) is 0.462. The van der Waals surface area contributed by atoms with Gasteiger partial charge in [-0.2, -0.15) is 0 Å². The lowest BCUT2D eigenvalue weighted by Crippen LogP contribution is -2.31. The molecule has 0 heterocycles. The predicted molar refractivity (Wildman–Crippen MR) is 67.8 cm³/mol. The molecule has 0 aliphatic rings. The number of amides is 1. The van der Waals surface area contributed by atoms with Gasteiger partial charge in [0.1, 0.15) is 11.5 Å². The van der Waals surface area contributed by atoms with E-state index >= 15 is 0 Å². The normalized spacial score (nSPS) is 11.7. The van der Waals surface area contributed by atoms with Gasteiger partial charge in [0, 0.05) is 6.54 Å². The van der Waals surface area contributed by atoms with E-state index in [0.29, 0.717) is 18.7 Å². The van der Waals surface area contributed by atoms with Gasteiger partial charge >= 0.3 is 0 Å². The van der Waals surface area contributed by atoms with E-state index in [1.165, 1.54) is 0 Å². The smallest absolute Gasteiger partial charge is 0.257 e. The number of hydrogen-bond acceptors (Lipinski definition) is 4. The molecule has 0 radical (unpaired) electrons. The van der Waals surface area contributed by atoms with Crippen LogP contribution in [-0.2, 0) is 4.79 Å². The molecule has 0 aromatic heterocycles. The molecular weight excluding hydrogens is 234 g/mol. The second kappa shape index (κ2) is 7.55. The van der Waals surface area contributed by atoms with Crippen LogP contribution in [0.15, 0.2) is 24.3 Å². The number of nitrogens with one attached hydrogen (secondary N) is 1. The quantitative estimate of drug-likeness (QED) is 0.759. The summed E-state index contributed by atoms with van der Waals surface area (Å²) in [6.07, 6.45) is 0.127. The second-order valence-corrected chi connectivity index (χ2v) is 3.95. The second-order valence-electron chi connectivity index (χ2n) is 3.95. The molecule has 100 valence electrons. The minimum absolute atomic E-state index is 0.0356. The number of carbonyl (C=O) groups is 1. The molecule has 18 heavy (non-hydrogen) atoms. The van der Waals surface area contributed by atoms with Crippen LogP contribution in [0.2, 0.25) is 0 Å². The van der Waals surface area contributed by atoms with Gasteiger partial charge in [-0.15, -0.1) is 0 Å². The Morgan fingerprint density at radius 1 is 1.33 bits per heavy atom. The Morgan fingerprint density at radius 3 is 2.50 bits per heavy atom. The first kappa shape index (κ1) is 14.3. The van der Waals surface area contributed by atoms with Crippen molar-refractivity contribution in [3.05, 3.63) is 24.3 Å². The van der Waals surface area contributed by atoms with E-state index in [9.17, 15) is 4.79 Å². The number of carbonyl (C=O) groups excluding carboxylic acids is 1. The fourth-order valence-electron chi connectivity index (χ4n) is 1.29. The molecule has 0 fully saturated rings. The van der Waals surface area contributed by atoms with Crippen molar-refractivity contribution in [2.45, 2.75) is 19.4 Å². The summed E-state index contributed by atoms with van der Waals surface area (Å²) in [5.41, 5.74) is 0. The van der Waals surface area contributed by atoms with E-state index in [-0.39, 0.29) is 12.5 Å². The molecule has 0 saturated carbocycles. The van der Waals surface area contributed by atoms with Gasteiger partial charge in [-0.1, -0.05) is 0 Å². The van der Waals surface area contributed by atoms with Crippen LogP contribution in [0.5, 0.6) is 11.5 Å². The van der Waals surface area contributed by atoms with Crippen LogP contribution in [0.4, 0.5) is 0 Å². The average molecular weight is 253 g/mol. The first-order chi connectivity index (χ1) is 8.61. The maximum absolute atomic E-state index is 11.4. The largest absolute Gasteiger partial charge is 0.497 e. The molecule has 0 aliphatic carbocycles. The van der Waals surface area contributed by atoms with Crippen LogP contribution in [0, 0.1) is 0 Å². The van der Waals surface area contributed by atoms with Crippen molar-refractivity contribution in [2.24, 2.45) is 0 Å². The third-order valence-electron chi connectivity index (χ3n) is 2.31. The first-order valence-electron chi connectivity index (χ1n) is 5.83. The molecule has 5 nitrogen and oxygen atoms in total. The summed E-state index contributed by atoms with van der Waals surface area (Å²) in [6.45, 7) is 2.09. The Balaban J connectivity index is 2.24. The van der Waals surface area contributed by atoms with E-state index in [2.05, 4.69) is 5.32 Å². The summed E-state index contributed by atoms with van der Waals surface area (Å²) in [6, 6.07) is 7.01. The van der Waals surface area contributed by atoms with Crippen molar-refractivity contribution in [2.75, 3.05) is 20.3 Å². The van der Waals surface area contributed by atoms with Crippen LogP contribution < -0.4 is 14.8 Å². The summed E-state index contributed by atoms with van der Waals surface area (Å²) < 4.78 is 10.3. The Bertz CT molecular complexity index is 362. The van der Waals surface area contributed by atoms with Crippen LogP contribution >= 0.6 is 0 Å². The van der Waals surface area contributed by atoms with Crippen LogP contribution in [0.25, 0.3) is 0 Å². The van der Waals surface area contributed by atoms with Crippen LogP contribution in [0.1, 0.15) is 13.3 Å². The molecule has 5 heteroatoms. The van der Waals surface area contributed by atoms with Crippen molar-refractivity contribution in [1.82, 2.24) is 5.32 Å². The molecule has 0 spiro atoms. The van der Waals surface area contributed by atoms with Gasteiger partial charge in [0.05, 0.1) is 13.2 Å². The third-order valence-corrected chi connectivity index (χ3v) is 2.31. The molecule has 1 amide bonds. The molecule has 1 aromatic carbocycles. The van der Waals surface area contributed by atoms with Gasteiger partial charge in [-0.3, -0.25) is 4.79 Å². The van der Waals surface area contributed by atoms with Crippen molar-refractivity contribution in [3.8, 4) is 11.5 Å². The van der Waals surface area contributed by atoms with E-state index < -0.39 is 6.10 Å². The molecule has 1 unspecified atom stereocenters.